The quantitative estimate of drug-likeness (QED) is 0.597. The van der Waals surface area contributed by atoms with Crippen LogP contribution in [0.25, 0.3) is 0 Å². The van der Waals surface area contributed by atoms with Crippen LogP contribution < -0.4 is 0 Å². The molecule has 0 bridgehead atoms. The molecule has 1 aliphatic rings. The van der Waals surface area contributed by atoms with Gasteiger partial charge in [-0.3, -0.25) is 0 Å². The van der Waals surface area contributed by atoms with E-state index in [1.54, 1.807) is 0 Å². The Labute approximate surface area is 65.7 Å². The van der Waals surface area contributed by atoms with Gasteiger partial charge in [-0.25, -0.2) is 0 Å². The average molecular weight is 282 g/mol. The van der Waals surface area contributed by atoms with Crippen LogP contribution in [-0.2, 0) is 21.1 Å². The fourth-order valence-electron chi connectivity index (χ4n) is 0.979. The van der Waals surface area contributed by atoms with Crippen LogP contribution >= 0.6 is 0 Å². The Bertz CT molecular complexity index is 57.5. The van der Waals surface area contributed by atoms with Gasteiger partial charge >= 0.3 is 0 Å². The van der Waals surface area contributed by atoms with Gasteiger partial charge in [-0.15, -0.1) is 6.04 Å². The normalized spacial score (nSPS) is 30.0. The van der Waals surface area contributed by atoms with Crippen LogP contribution in [0.4, 0.5) is 0 Å². The SMILES string of the molecule is [CH2-][C@@H]1CCCN1C.[W]. The second kappa shape index (κ2) is 3.63. The molecule has 0 aliphatic carbocycles. The van der Waals surface area contributed by atoms with E-state index in [2.05, 4.69) is 18.9 Å². The third kappa shape index (κ3) is 1.87. The second-order valence-electron chi connectivity index (χ2n) is 2.28. The van der Waals surface area contributed by atoms with Gasteiger partial charge in [0.25, 0.3) is 0 Å². The molecule has 1 atom stereocenters. The molecule has 1 nitrogen and oxygen atoms in total. The number of nitrogens with zero attached hydrogens (tertiary/aromatic N) is 1. The Kier molecular flexibility index (Phi) is 3.93. The molecule has 0 unspecified atom stereocenters. The molecule has 0 aromatic rings. The first-order chi connectivity index (χ1) is 3.30. The molecule has 1 saturated heterocycles. The van der Waals surface area contributed by atoms with Gasteiger partial charge in [-0.05, 0) is 20.0 Å². The van der Waals surface area contributed by atoms with Gasteiger partial charge in [0, 0.05) is 21.1 Å². The van der Waals surface area contributed by atoms with Crippen LogP contribution in [0.5, 0.6) is 0 Å². The van der Waals surface area contributed by atoms with Crippen LogP contribution in [0.3, 0.4) is 0 Å². The van der Waals surface area contributed by atoms with Crippen LogP contribution in [-0.4, -0.2) is 24.5 Å². The van der Waals surface area contributed by atoms with Crippen molar-refractivity contribution in [3.63, 3.8) is 0 Å². The molecule has 0 aromatic carbocycles. The third-order valence-electron chi connectivity index (χ3n) is 1.67. The summed E-state index contributed by atoms with van der Waals surface area (Å²) < 4.78 is 0. The zero-order valence-electron chi connectivity index (χ0n) is 5.26. The predicted octanol–water partition coefficient (Wildman–Crippen LogP) is 0.912. The number of hydrogen-bond acceptors (Lipinski definition) is 1. The smallest absolute Gasteiger partial charge is 0 e. The molecular formula is C6H12NW-. The monoisotopic (exact) mass is 282 g/mol. The van der Waals surface area contributed by atoms with E-state index in [4.69, 9.17) is 0 Å². The molecule has 0 aromatic heterocycles. The molecule has 2 heteroatoms. The van der Waals surface area contributed by atoms with Gasteiger partial charge in [-0.1, -0.05) is 6.42 Å². The third-order valence-corrected chi connectivity index (χ3v) is 1.67. The molecule has 0 spiro atoms. The Morgan fingerprint density at radius 1 is 1.62 bits per heavy atom. The van der Waals surface area contributed by atoms with Crippen LogP contribution in [0, 0.1) is 6.92 Å². The molecule has 0 radical (unpaired) electrons. The second-order valence-corrected chi connectivity index (χ2v) is 2.28. The average Bonchev–Trinajstić information content (AvgIpc) is 1.91. The summed E-state index contributed by atoms with van der Waals surface area (Å²) in [7, 11) is 2.13. The molecule has 1 heterocycles. The first-order valence-electron chi connectivity index (χ1n) is 2.84. The van der Waals surface area contributed by atoms with E-state index in [0.717, 1.165) is 0 Å². The van der Waals surface area contributed by atoms with Crippen molar-refractivity contribution in [2.24, 2.45) is 0 Å². The largest absolute Gasteiger partial charge is 0.333 e. The van der Waals surface area contributed by atoms with E-state index in [0.29, 0.717) is 6.04 Å². The van der Waals surface area contributed by atoms with E-state index >= 15 is 0 Å². The predicted molar refractivity (Wildman–Crippen MR) is 31.0 cm³/mol. The summed E-state index contributed by atoms with van der Waals surface area (Å²) in [5.74, 6) is 0. The Morgan fingerprint density at radius 2 is 2.25 bits per heavy atom. The minimum absolute atomic E-state index is 0. The van der Waals surface area contributed by atoms with E-state index in [1.807, 2.05) is 0 Å². The molecule has 8 heavy (non-hydrogen) atoms. The van der Waals surface area contributed by atoms with Gasteiger partial charge in [0.2, 0.25) is 0 Å². The van der Waals surface area contributed by atoms with Crippen molar-refractivity contribution in [3.8, 4) is 0 Å². The van der Waals surface area contributed by atoms with Crippen molar-refractivity contribution in [3.05, 3.63) is 6.92 Å². The van der Waals surface area contributed by atoms with Crippen molar-refractivity contribution in [1.82, 2.24) is 4.90 Å². The van der Waals surface area contributed by atoms with Crippen molar-refractivity contribution >= 4 is 0 Å². The fraction of sp³-hybridized carbons (Fsp3) is 0.833. The first kappa shape index (κ1) is 8.65. The summed E-state index contributed by atoms with van der Waals surface area (Å²) in [4.78, 5) is 2.29. The molecule has 0 amide bonds. The van der Waals surface area contributed by atoms with Crippen LogP contribution in [0.15, 0.2) is 0 Å². The van der Waals surface area contributed by atoms with E-state index < -0.39 is 0 Å². The van der Waals surface area contributed by atoms with E-state index in [9.17, 15) is 0 Å². The summed E-state index contributed by atoms with van der Waals surface area (Å²) in [6.07, 6.45) is 2.63. The standard InChI is InChI=1S/C6H12N.W/c1-6-4-3-5-7(6)2;/h6H,1,3-5H2,2H3;/q-1;/t6-;/m1./s1. The number of likely N-dealkylation sites (tertiary alicyclic amines) is 1. The maximum absolute atomic E-state index is 3.94. The van der Waals surface area contributed by atoms with Crippen molar-refractivity contribution in [2.45, 2.75) is 18.9 Å². The van der Waals surface area contributed by atoms with E-state index in [1.165, 1.54) is 19.4 Å². The summed E-state index contributed by atoms with van der Waals surface area (Å²) in [6.45, 7) is 5.19. The number of rotatable bonds is 0. The van der Waals surface area contributed by atoms with Gasteiger partial charge in [0.15, 0.2) is 0 Å². The summed E-state index contributed by atoms with van der Waals surface area (Å²) in [5, 5.41) is 0. The zero-order valence-corrected chi connectivity index (χ0v) is 8.19. The molecule has 1 fully saturated rings. The van der Waals surface area contributed by atoms with Crippen molar-refractivity contribution in [2.75, 3.05) is 13.6 Å². The zero-order chi connectivity index (χ0) is 5.28. The maximum atomic E-state index is 3.94. The van der Waals surface area contributed by atoms with Gasteiger partial charge in [0.05, 0.1) is 0 Å². The molecule has 48 valence electrons. The molecular weight excluding hydrogens is 270 g/mol. The van der Waals surface area contributed by atoms with Gasteiger partial charge in [0.1, 0.15) is 0 Å². The van der Waals surface area contributed by atoms with E-state index in [-0.39, 0.29) is 21.1 Å². The summed E-state index contributed by atoms with van der Waals surface area (Å²) >= 11 is 0. The maximum Gasteiger partial charge on any atom is 0 e. The van der Waals surface area contributed by atoms with Crippen molar-refractivity contribution < 1.29 is 21.1 Å². The fourth-order valence-corrected chi connectivity index (χ4v) is 0.979. The van der Waals surface area contributed by atoms with Gasteiger partial charge in [-0.2, -0.15) is 0 Å². The molecule has 0 saturated carbocycles. The Morgan fingerprint density at radius 3 is 2.38 bits per heavy atom. The first-order valence-corrected chi connectivity index (χ1v) is 2.84. The summed E-state index contributed by atoms with van der Waals surface area (Å²) in [6, 6.07) is 0.597. The topological polar surface area (TPSA) is 3.24 Å². The van der Waals surface area contributed by atoms with Crippen LogP contribution in [0.1, 0.15) is 12.8 Å². The Hall–Kier alpha value is 0.648. The minimum Gasteiger partial charge on any atom is -0.333 e. The molecule has 0 N–H and O–H groups in total. The minimum atomic E-state index is 0. The Balaban J connectivity index is 0.000000490. The van der Waals surface area contributed by atoms with Gasteiger partial charge < -0.3 is 11.8 Å². The number of hydrogen-bond donors (Lipinski definition) is 0. The molecule has 1 rings (SSSR count). The summed E-state index contributed by atoms with van der Waals surface area (Å²) in [5.41, 5.74) is 0. The molecule has 1 aliphatic heterocycles. The van der Waals surface area contributed by atoms with Crippen molar-refractivity contribution in [1.29, 1.82) is 0 Å². The van der Waals surface area contributed by atoms with Crippen LogP contribution in [0.2, 0.25) is 0 Å².